The summed E-state index contributed by atoms with van der Waals surface area (Å²) in [5, 5.41) is 0. The molecular weight excluding hydrogens is 507 g/mol. The van der Waals surface area contributed by atoms with Crippen molar-refractivity contribution in [2.24, 2.45) is 23.7 Å². The zero-order valence-corrected chi connectivity index (χ0v) is 23.6. The zero-order chi connectivity index (χ0) is 27.8. The number of unbranched alkanes of at least 4 members (excludes halogenated alkanes) is 2. The number of hydrogen-bond acceptors (Lipinski definition) is 1. The molecule has 39 heavy (non-hydrogen) atoms. The lowest BCUT2D eigenvalue weighted by atomic mass is 9.69. The molecule has 4 rings (SSSR count). The van der Waals surface area contributed by atoms with Crippen LogP contribution in [0.15, 0.2) is 18.2 Å². The minimum absolute atomic E-state index is 0.0623. The maximum absolute atomic E-state index is 14.4. The van der Waals surface area contributed by atoms with E-state index in [1.165, 1.54) is 76.3 Å². The molecule has 6 heteroatoms. The summed E-state index contributed by atoms with van der Waals surface area (Å²) in [5.41, 5.74) is -0.0569. The van der Waals surface area contributed by atoms with Crippen LogP contribution in [0.1, 0.15) is 127 Å². The molecule has 0 amide bonds. The molecule has 1 nitrogen and oxygen atoms in total. The molecule has 0 spiro atoms. The summed E-state index contributed by atoms with van der Waals surface area (Å²) in [5.74, 6) is 1.24. The van der Waals surface area contributed by atoms with E-state index in [0.717, 1.165) is 57.0 Å². The third kappa shape index (κ3) is 9.30. The summed E-state index contributed by atoms with van der Waals surface area (Å²) in [7, 11) is 0. The molecule has 0 radical (unpaired) electrons. The van der Waals surface area contributed by atoms with E-state index in [1.807, 2.05) is 0 Å². The summed E-state index contributed by atoms with van der Waals surface area (Å²) < 4.78 is 72.5. The molecule has 1 aromatic rings. The first kappa shape index (κ1) is 30.5. The molecule has 3 saturated carbocycles. The van der Waals surface area contributed by atoms with E-state index in [9.17, 15) is 22.0 Å². The van der Waals surface area contributed by atoms with Crippen LogP contribution in [-0.4, -0.2) is 18.9 Å². The van der Waals surface area contributed by atoms with Crippen molar-refractivity contribution in [3.63, 3.8) is 0 Å². The van der Waals surface area contributed by atoms with Crippen molar-refractivity contribution in [2.75, 3.05) is 6.61 Å². The van der Waals surface area contributed by atoms with Gasteiger partial charge in [0.15, 0.2) is 0 Å². The van der Waals surface area contributed by atoms with Crippen LogP contribution in [0.3, 0.4) is 0 Å². The normalized spacial score (nSPS) is 30.6. The van der Waals surface area contributed by atoms with Crippen molar-refractivity contribution in [3.05, 3.63) is 41.0 Å². The van der Waals surface area contributed by atoms with Crippen molar-refractivity contribution >= 4 is 6.08 Å². The van der Waals surface area contributed by atoms with E-state index < -0.39 is 23.4 Å². The lowest BCUT2D eigenvalue weighted by Crippen LogP contribution is -2.30. The molecule has 0 unspecified atom stereocenters. The van der Waals surface area contributed by atoms with Crippen molar-refractivity contribution in [2.45, 2.75) is 128 Å². The molecule has 0 bridgehead atoms. The summed E-state index contributed by atoms with van der Waals surface area (Å²) >= 11 is 0. The van der Waals surface area contributed by atoms with Crippen LogP contribution in [0.2, 0.25) is 0 Å². The fourth-order valence-corrected chi connectivity index (χ4v) is 7.47. The van der Waals surface area contributed by atoms with Crippen LogP contribution < -0.4 is 0 Å². The Bertz CT molecular complexity index is 878. The summed E-state index contributed by atoms with van der Waals surface area (Å²) in [6.45, 7) is 3.20. The summed E-state index contributed by atoms with van der Waals surface area (Å²) in [6, 6.07) is 2.46. The number of ether oxygens (including phenoxy) is 1. The highest BCUT2D eigenvalue weighted by atomic mass is 19.4. The van der Waals surface area contributed by atoms with Crippen molar-refractivity contribution in [1.29, 1.82) is 0 Å². The van der Waals surface area contributed by atoms with Gasteiger partial charge in [-0.25, -0.2) is 8.78 Å². The Morgan fingerprint density at radius 1 is 0.769 bits per heavy atom. The second-order valence-electron chi connectivity index (χ2n) is 12.6. The van der Waals surface area contributed by atoms with Crippen molar-refractivity contribution < 1.29 is 26.7 Å². The average molecular weight is 555 g/mol. The van der Waals surface area contributed by atoms with Crippen LogP contribution in [-0.2, 0) is 4.74 Å². The van der Waals surface area contributed by atoms with E-state index in [-0.39, 0.29) is 12.0 Å². The quantitative estimate of drug-likeness (QED) is 0.206. The Balaban J connectivity index is 1.15. The predicted octanol–water partition coefficient (Wildman–Crippen LogP) is 10.8. The molecule has 0 heterocycles. The fourth-order valence-electron chi connectivity index (χ4n) is 7.47. The first-order chi connectivity index (χ1) is 18.7. The van der Waals surface area contributed by atoms with E-state index in [2.05, 4.69) is 6.92 Å². The number of allylic oxidation sites excluding steroid dienone is 1. The van der Waals surface area contributed by atoms with Crippen LogP contribution in [0.4, 0.5) is 22.0 Å². The zero-order valence-electron chi connectivity index (χ0n) is 23.6. The molecule has 3 aliphatic carbocycles. The minimum atomic E-state index is -4.60. The lowest BCUT2D eigenvalue weighted by molar-refractivity contribution is -0.0790. The second kappa shape index (κ2) is 14.5. The van der Waals surface area contributed by atoms with E-state index in [0.29, 0.717) is 29.6 Å². The van der Waals surface area contributed by atoms with Crippen molar-refractivity contribution in [1.82, 2.24) is 0 Å². The van der Waals surface area contributed by atoms with Gasteiger partial charge in [0.05, 0.1) is 6.10 Å². The van der Waals surface area contributed by atoms with E-state index in [4.69, 9.17) is 4.74 Å². The van der Waals surface area contributed by atoms with Gasteiger partial charge in [-0.1, -0.05) is 45.4 Å². The first-order valence-electron chi connectivity index (χ1n) is 15.6. The first-order valence-corrected chi connectivity index (χ1v) is 15.6. The Morgan fingerprint density at radius 2 is 1.33 bits per heavy atom. The molecule has 0 aromatic heterocycles. The van der Waals surface area contributed by atoms with Gasteiger partial charge in [-0.05, 0) is 118 Å². The molecule has 3 aliphatic rings. The topological polar surface area (TPSA) is 9.23 Å². The molecule has 0 aliphatic heterocycles. The highest BCUT2D eigenvalue weighted by Gasteiger charge is 2.32. The smallest absolute Gasteiger partial charge is 0.378 e. The van der Waals surface area contributed by atoms with Gasteiger partial charge in [0.25, 0.3) is 0 Å². The maximum Gasteiger partial charge on any atom is 0.409 e. The third-order valence-corrected chi connectivity index (χ3v) is 9.92. The molecule has 0 N–H and O–H groups in total. The fraction of sp³-hybridized carbons (Fsp3) is 0.758. The predicted molar refractivity (Wildman–Crippen MR) is 147 cm³/mol. The van der Waals surface area contributed by atoms with Crippen LogP contribution in [0, 0.1) is 35.3 Å². The van der Waals surface area contributed by atoms with Gasteiger partial charge < -0.3 is 4.74 Å². The Labute approximate surface area is 232 Å². The SMILES string of the molecule is CCCCCC1CCC(COC2CCC(C3CCC(c4cc(F)c(C=CC(F)(F)F)c(F)c4)CC3)CC2)CC1. The van der Waals surface area contributed by atoms with Gasteiger partial charge in [-0.3, -0.25) is 0 Å². The standard InChI is InChI=1S/C33H47F5O/c1-2-3-4-5-23-6-8-24(9-7-23)22-39-29-16-14-26(15-17-29)25-10-12-27(13-11-25)28-20-31(34)30(32(35)21-28)18-19-33(36,37)38/h18-21,23-27,29H,2-17,22H2,1H3. The Kier molecular flexibility index (Phi) is 11.3. The highest BCUT2D eigenvalue weighted by Crippen LogP contribution is 2.44. The highest BCUT2D eigenvalue weighted by molar-refractivity contribution is 5.52. The van der Waals surface area contributed by atoms with Crippen molar-refractivity contribution in [3.8, 4) is 0 Å². The molecule has 0 atom stereocenters. The summed E-state index contributed by atoms with van der Waals surface area (Å²) in [4.78, 5) is 0. The number of benzene rings is 1. The minimum Gasteiger partial charge on any atom is -0.378 e. The number of halogens is 5. The number of hydrogen-bond donors (Lipinski definition) is 0. The lowest BCUT2D eigenvalue weighted by Gasteiger charge is -2.38. The second-order valence-corrected chi connectivity index (χ2v) is 12.6. The molecule has 220 valence electrons. The van der Waals surface area contributed by atoms with Gasteiger partial charge in [0, 0.05) is 18.2 Å². The van der Waals surface area contributed by atoms with Crippen LogP contribution in [0.25, 0.3) is 6.08 Å². The average Bonchev–Trinajstić information content (AvgIpc) is 2.92. The van der Waals surface area contributed by atoms with Gasteiger partial charge >= 0.3 is 6.18 Å². The third-order valence-electron chi connectivity index (χ3n) is 9.92. The summed E-state index contributed by atoms with van der Waals surface area (Å²) in [6.07, 6.45) is 15.6. The van der Waals surface area contributed by atoms with Gasteiger partial charge in [0.1, 0.15) is 11.6 Å². The number of alkyl halides is 3. The van der Waals surface area contributed by atoms with E-state index in [1.54, 1.807) is 0 Å². The molecular formula is C33H47F5O. The Morgan fingerprint density at radius 3 is 1.90 bits per heavy atom. The molecule has 0 saturated heterocycles. The van der Waals surface area contributed by atoms with Gasteiger partial charge in [0.2, 0.25) is 0 Å². The Hall–Kier alpha value is -1.43. The molecule has 1 aromatic carbocycles. The van der Waals surface area contributed by atoms with Crippen LogP contribution >= 0.6 is 0 Å². The molecule has 3 fully saturated rings. The van der Waals surface area contributed by atoms with Crippen LogP contribution in [0.5, 0.6) is 0 Å². The maximum atomic E-state index is 14.4. The van der Waals surface area contributed by atoms with E-state index >= 15 is 0 Å². The largest absolute Gasteiger partial charge is 0.409 e. The van der Waals surface area contributed by atoms with Gasteiger partial charge in [-0.15, -0.1) is 0 Å². The van der Waals surface area contributed by atoms with Gasteiger partial charge in [-0.2, -0.15) is 13.2 Å². The monoisotopic (exact) mass is 554 g/mol. The number of rotatable bonds is 10.